The monoisotopic (exact) mass is 354 g/mol. The van der Waals surface area contributed by atoms with Crippen molar-refractivity contribution in [3.63, 3.8) is 0 Å². The molecule has 0 amide bonds. The van der Waals surface area contributed by atoms with E-state index in [4.69, 9.17) is 9.79 Å². The van der Waals surface area contributed by atoms with Crippen molar-refractivity contribution < 1.29 is 39.0 Å². The van der Waals surface area contributed by atoms with Gasteiger partial charge in [-0.25, -0.2) is 4.57 Å². The first kappa shape index (κ1) is 17.8. The van der Waals surface area contributed by atoms with E-state index in [0.717, 1.165) is 12.1 Å². The highest BCUT2D eigenvalue weighted by Crippen LogP contribution is 2.37. The minimum atomic E-state index is -4.62. The summed E-state index contributed by atoms with van der Waals surface area (Å²) >= 11 is 0. The van der Waals surface area contributed by atoms with Crippen LogP contribution in [-0.4, -0.2) is 30.9 Å². The zero-order chi connectivity index (χ0) is 17.9. The number of benzene rings is 2. The maximum absolute atomic E-state index is 12.1. The van der Waals surface area contributed by atoms with E-state index in [1.54, 1.807) is 0 Å². The first-order valence-electron chi connectivity index (χ1n) is 6.78. The highest BCUT2D eigenvalue weighted by Gasteiger charge is 2.18. The van der Waals surface area contributed by atoms with Crippen LogP contribution in [0.2, 0.25) is 0 Å². The van der Waals surface area contributed by atoms with Crippen molar-refractivity contribution >= 4 is 13.6 Å². The van der Waals surface area contributed by atoms with E-state index in [1.165, 1.54) is 24.3 Å². The third-order valence-electron chi connectivity index (χ3n) is 3.15. The van der Waals surface area contributed by atoms with Gasteiger partial charge >= 0.3 is 7.82 Å². The van der Waals surface area contributed by atoms with Gasteiger partial charge in [-0.05, 0) is 24.1 Å². The molecule has 0 saturated carbocycles. The van der Waals surface area contributed by atoms with Gasteiger partial charge in [-0.1, -0.05) is 12.1 Å². The SMILES string of the molecule is O=C(CCc1ccc(OP(=O)(O)O)cc1)c1c(O)cc(O)cc1O. The maximum Gasteiger partial charge on any atom is 0.524 e. The Balaban J connectivity index is 2.03. The number of phenols is 3. The zero-order valence-electron chi connectivity index (χ0n) is 12.3. The van der Waals surface area contributed by atoms with Crippen LogP contribution in [0.4, 0.5) is 0 Å². The minimum Gasteiger partial charge on any atom is -0.508 e. The molecule has 8 nitrogen and oxygen atoms in total. The van der Waals surface area contributed by atoms with E-state index < -0.39 is 25.1 Å². The van der Waals surface area contributed by atoms with Crippen LogP contribution >= 0.6 is 7.82 Å². The number of phosphoric ester groups is 1. The van der Waals surface area contributed by atoms with Gasteiger partial charge in [0.2, 0.25) is 0 Å². The third kappa shape index (κ3) is 4.73. The molecule has 0 unspecified atom stereocenters. The van der Waals surface area contributed by atoms with Crippen LogP contribution in [0.3, 0.4) is 0 Å². The van der Waals surface area contributed by atoms with Gasteiger partial charge in [-0.15, -0.1) is 0 Å². The lowest BCUT2D eigenvalue weighted by Gasteiger charge is -2.09. The highest BCUT2D eigenvalue weighted by atomic mass is 31.2. The fraction of sp³-hybridized carbons (Fsp3) is 0.133. The molecule has 0 aliphatic rings. The smallest absolute Gasteiger partial charge is 0.508 e. The summed E-state index contributed by atoms with van der Waals surface area (Å²) in [6, 6.07) is 7.70. The molecule has 5 N–H and O–H groups in total. The van der Waals surface area contributed by atoms with Crippen LogP contribution in [0, 0.1) is 0 Å². The summed E-state index contributed by atoms with van der Waals surface area (Å²) in [6.07, 6.45) is 0.249. The lowest BCUT2D eigenvalue weighted by atomic mass is 10.0. The van der Waals surface area contributed by atoms with Gasteiger partial charge in [-0.3, -0.25) is 14.6 Å². The van der Waals surface area contributed by atoms with Gasteiger partial charge in [0.25, 0.3) is 0 Å². The Kier molecular flexibility index (Phi) is 5.14. The number of phosphoric acid groups is 1. The summed E-state index contributed by atoms with van der Waals surface area (Å²) in [5.41, 5.74) is 0.424. The van der Waals surface area contributed by atoms with Crippen LogP contribution in [0.5, 0.6) is 23.0 Å². The normalized spacial score (nSPS) is 11.2. The van der Waals surface area contributed by atoms with E-state index in [0.29, 0.717) is 5.56 Å². The Morgan fingerprint density at radius 1 is 1.00 bits per heavy atom. The number of ketones is 1. The zero-order valence-corrected chi connectivity index (χ0v) is 13.2. The number of aryl methyl sites for hydroxylation is 1. The second kappa shape index (κ2) is 6.92. The van der Waals surface area contributed by atoms with Gasteiger partial charge < -0.3 is 19.8 Å². The van der Waals surface area contributed by atoms with Crippen molar-refractivity contribution in [3.05, 3.63) is 47.5 Å². The summed E-state index contributed by atoms with van der Waals surface area (Å²) in [7, 11) is -4.62. The molecular weight excluding hydrogens is 339 g/mol. The summed E-state index contributed by atoms with van der Waals surface area (Å²) in [4.78, 5) is 29.5. The second-order valence-corrected chi connectivity index (χ2v) is 6.17. The first-order chi connectivity index (χ1) is 11.2. The lowest BCUT2D eigenvalue weighted by Crippen LogP contribution is -2.02. The Bertz CT molecular complexity index is 771. The molecule has 0 saturated heterocycles. The van der Waals surface area contributed by atoms with Gasteiger partial charge in [0.1, 0.15) is 28.6 Å². The topological polar surface area (TPSA) is 145 Å². The molecule has 0 aromatic heterocycles. The number of carbonyl (C=O) groups excluding carboxylic acids is 1. The summed E-state index contributed by atoms with van der Waals surface area (Å²) in [5, 5.41) is 28.5. The number of carbonyl (C=O) groups is 1. The van der Waals surface area contributed by atoms with Crippen LogP contribution in [-0.2, 0) is 11.0 Å². The Morgan fingerprint density at radius 2 is 1.54 bits per heavy atom. The van der Waals surface area contributed by atoms with Gasteiger partial charge in [0.05, 0.1) is 0 Å². The fourth-order valence-electron chi connectivity index (χ4n) is 2.12. The molecular formula is C15H15O8P. The van der Waals surface area contributed by atoms with E-state index >= 15 is 0 Å². The predicted octanol–water partition coefficient (Wildman–Crippen LogP) is 2.09. The number of hydrogen-bond acceptors (Lipinski definition) is 6. The highest BCUT2D eigenvalue weighted by molar-refractivity contribution is 7.46. The molecule has 0 spiro atoms. The Labute approximate surface area is 136 Å². The molecule has 0 heterocycles. The van der Waals surface area contributed by atoms with E-state index in [1.807, 2.05) is 0 Å². The molecule has 24 heavy (non-hydrogen) atoms. The Hall–Kier alpha value is -2.54. The van der Waals surface area contributed by atoms with Crippen molar-refractivity contribution in [2.24, 2.45) is 0 Å². The standard InChI is InChI=1S/C15H15O8P/c16-10-7-13(18)15(14(19)8-10)12(17)6-3-9-1-4-11(5-2-9)23-24(20,21)22/h1-2,4-5,7-8,16,18-19H,3,6H2,(H2,20,21,22). The van der Waals surface area contributed by atoms with Crippen molar-refractivity contribution in [2.75, 3.05) is 0 Å². The van der Waals surface area contributed by atoms with E-state index in [-0.39, 0.29) is 29.9 Å². The predicted molar refractivity (Wildman–Crippen MR) is 83.2 cm³/mol. The van der Waals surface area contributed by atoms with Crippen LogP contribution in [0.15, 0.2) is 36.4 Å². The molecule has 0 aliphatic carbocycles. The van der Waals surface area contributed by atoms with Crippen LogP contribution in [0.25, 0.3) is 0 Å². The lowest BCUT2D eigenvalue weighted by molar-refractivity contribution is 0.0977. The molecule has 0 atom stereocenters. The minimum absolute atomic E-state index is 0.00719. The molecule has 128 valence electrons. The molecule has 0 radical (unpaired) electrons. The summed E-state index contributed by atoms with van der Waals surface area (Å²) in [5.74, 6) is -1.90. The average molecular weight is 354 g/mol. The molecule has 9 heteroatoms. The first-order valence-corrected chi connectivity index (χ1v) is 8.31. The average Bonchev–Trinajstić information content (AvgIpc) is 2.43. The van der Waals surface area contributed by atoms with Crippen LogP contribution < -0.4 is 4.52 Å². The molecule has 2 aromatic rings. The Morgan fingerprint density at radius 3 is 2.04 bits per heavy atom. The van der Waals surface area contributed by atoms with Gasteiger partial charge in [0.15, 0.2) is 5.78 Å². The van der Waals surface area contributed by atoms with E-state index in [2.05, 4.69) is 4.52 Å². The third-order valence-corrected chi connectivity index (χ3v) is 3.60. The maximum atomic E-state index is 12.1. The number of Topliss-reactive ketones (excluding diaryl/α,β-unsaturated/α-hetero) is 1. The molecule has 2 rings (SSSR count). The van der Waals surface area contributed by atoms with Crippen molar-refractivity contribution in [1.29, 1.82) is 0 Å². The second-order valence-electron chi connectivity index (χ2n) is 5.01. The van der Waals surface area contributed by atoms with Gasteiger partial charge in [-0.2, -0.15) is 0 Å². The number of rotatable bonds is 6. The fourth-order valence-corrected chi connectivity index (χ4v) is 2.52. The molecule has 2 aromatic carbocycles. The van der Waals surface area contributed by atoms with Crippen molar-refractivity contribution in [3.8, 4) is 23.0 Å². The van der Waals surface area contributed by atoms with Gasteiger partial charge in [0, 0.05) is 18.6 Å². The molecule has 0 aliphatic heterocycles. The van der Waals surface area contributed by atoms with Crippen LogP contribution in [0.1, 0.15) is 22.3 Å². The largest absolute Gasteiger partial charge is 0.524 e. The molecule has 0 fully saturated rings. The quantitative estimate of drug-likeness (QED) is 0.392. The summed E-state index contributed by atoms with van der Waals surface area (Å²) < 4.78 is 15.1. The number of aromatic hydroxyl groups is 3. The molecule has 0 bridgehead atoms. The number of hydrogen-bond donors (Lipinski definition) is 5. The van der Waals surface area contributed by atoms with Crippen molar-refractivity contribution in [2.45, 2.75) is 12.8 Å². The van der Waals surface area contributed by atoms with Crippen molar-refractivity contribution in [1.82, 2.24) is 0 Å². The summed E-state index contributed by atoms with van der Waals surface area (Å²) in [6.45, 7) is 0. The van der Waals surface area contributed by atoms with E-state index in [9.17, 15) is 24.7 Å². The number of phenolic OH excluding ortho intramolecular Hbond substituents is 3.